The van der Waals surface area contributed by atoms with Gasteiger partial charge in [-0.3, -0.25) is 4.79 Å². The predicted octanol–water partition coefficient (Wildman–Crippen LogP) is 2.81. The summed E-state index contributed by atoms with van der Waals surface area (Å²) in [6.07, 6.45) is 3.83. The number of nitrogens with one attached hydrogen (secondary N) is 1. The molecule has 0 saturated heterocycles. The van der Waals surface area contributed by atoms with E-state index in [2.05, 4.69) is 5.32 Å². The molecule has 1 aliphatic rings. The van der Waals surface area contributed by atoms with Gasteiger partial charge in [0, 0.05) is 18.2 Å². The molecule has 0 spiro atoms. The maximum absolute atomic E-state index is 12.4. The molecule has 2 atom stereocenters. The second kappa shape index (κ2) is 7.00. The summed E-state index contributed by atoms with van der Waals surface area (Å²) in [6.45, 7) is 0. The van der Waals surface area contributed by atoms with E-state index in [1.54, 1.807) is 12.1 Å². The largest absolute Gasteiger partial charge is 0.495 e. The molecule has 5 nitrogen and oxygen atoms in total. The molecule has 0 radical (unpaired) electrons. The first kappa shape index (κ1) is 15.9. The van der Waals surface area contributed by atoms with Crippen molar-refractivity contribution >= 4 is 23.2 Å². The van der Waals surface area contributed by atoms with Crippen LogP contribution in [0.4, 0.5) is 5.69 Å². The summed E-state index contributed by atoms with van der Waals surface area (Å²) in [6, 6.07) is 3.20. The molecule has 21 heavy (non-hydrogen) atoms. The Labute approximate surface area is 129 Å². The third kappa shape index (κ3) is 3.60. The standard InChI is InChI=1S/C15H21ClN2O3/c1-20-13-8-12(14(21-2)7-10(13)16)18-15(19)9-5-3-4-6-11(9)17/h7-9,11H,3-6,17H2,1-2H3,(H,18,19). The lowest BCUT2D eigenvalue weighted by Gasteiger charge is -2.27. The average molecular weight is 313 g/mol. The van der Waals surface area contributed by atoms with E-state index < -0.39 is 0 Å². The molecular weight excluding hydrogens is 292 g/mol. The van der Waals surface area contributed by atoms with Gasteiger partial charge in [-0.15, -0.1) is 0 Å². The molecule has 1 saturated carbocycles. The highest BCUT2D eigenvalue weighted by Crippen LogP contribution is 2.36. The third-order valence-electron chi connectivity index (χ3n) is 3.89. The van der Waals surface area contributed by atoms with E-state index in [9.17, 15) is 4.79 Å². The number of ether oxygens (including phenoxy) is 2. The Morgan fingerprint density at radius 2 is 1.90 bits per heavy atom. The van der Waals surface area contributed by atoms with Crippen molar-refractivity contribution in [1.82, 2.24) is 0 Å². The van der Waals surface area contributed by atoms with Crippen molar-refractivity contribution in [3.05, 3.63) is 17.2 Å². The Balaban J connectivity index is 2.19. The zero-order chi connectivity index (χ0) is 15.4. The zero-order valence-corrected chi connectivity index (χ0v) is 13.1. The Kier molecular flexibility index (Phi) is 5.31. The van der Waals surface area contributed by atoms with Crippen LogP contribution in [-0.4, -0.2) is 26.2 Å². The van der Waals surface area contributed by atoms with Gasteiger partial charge < -0.3 is 20.5 Å². The van der Waals surface area contributed by atoms with Gasteiger partial charge in [0.05, 0.1) is 30.8 Å². The van der Waals surface area contributed by atoms with Crippen LogP contribution in [0.2, 0.25) is 5.02 Å². The molecule has 6 heteroatoms. The van der Waals surface area contributed by atoms with Crippen molar-refractivity contribution < 1.29 is 14.3 Å². The van der Waals surface area contributed by atoms with Gasteiger partial charge in [0.1, 0.15) is 11.5 Å². The summed E-state index contributed by atoms with van der Waals surface area (Å²) in [5.41, 5.74) is 6.59. The van der Waals surface area contributed by atoms with E-state index in [0.29, 0.717) is 22.2 Å². The van der Waals surface area contributed by atoms with E-state index in [-0.39, 0.29) is 17.9 Å². The first-order chi connectivity index (χ1) is 10.1. The molecule has 1 aromatic carbocycles. The number of amides is 1. The number of hydrogen-bond acceptors (Lipinski definition) is 4. The summed E-state index contributed by atoms with van der Waals surface area (Å²) in [7, 11) is 3.05. The summed E-state index contributed by atoms with van der Waals surface area (Å²) < 4.78 is 10.4. The summed E-state index contributed by atoms with van der Waals surface area (Å²) in [5.74, 6) is 0.745. The molecule has 1 fully saturated rings. The average Bonchev–Trinajstić information content (AvgIpc) is 2.48. The lowest BCUT2D eigenvalue weighted by molar-refractivity contribution is -0.121. The minimum Gasteiger partial charge on any atom is -0.495 e. The monoisotopic (exact) mass is 312 g/mol. The van der Waals surface area contributed by atoms with Crippen LogP contribution in [0.5, 0.6) is 11.5 Å². The van der Waals surface area contributed by atoms with E-state index in [0.717, 1.165) is 25.7 Å². The molecule has 1 aromatic rings. The third-order valence-corrected chi connectivity index (χ3v) is 4.18. The number of benzene rings is 1. The van der Waals surface area contributed by atoms with Crippen LogP contribution in [0, 0.1) is 5.92 Å². The number of halogens is 1. The number of carbonyl (C=O) groups excluding carboxylic acids is 1. The van der Waals surface area contributed by atoms with Gasteiger partial charge in [-0.25, -0.2) is 0 Å². The van der Waals surface area contributed by atoms with Crippen molar-refractivity contribution in [1.29, 1.82) is 0 Å². The van der Waals surface area contributed by atoms with Crippen molar-refractivity contribution in [3.63, 3.8) is 0 Å². The van der Waals surface area contributed by atoms with Crippen LogP contribution < -0.4 is 20.5 Å². The molecule has 0 aromatic heterocycles. The quantitative estimate of drug-likeness (QED) is 0.896. The molecule has 0 bridgehead atoms. The van der Waals surface area contributed by atoms with Crippen molar-refractivity contribution in [2.75, 3.05) is 19.5 Å². The molecule has 116 valence electrons. The van der Waals surface area contributed by atoms with Crippen molar-refractivity contribution in [2.45, 2.75) is 31.7 Å². The SMILES string of the molecule is COc1cc(NC(=O)C2CCCCC2N)c(OC)cc1Cl. The Morgan fingerprint density at radius 3 is 2.52 bits per heavy atom. The fourth-order valence-electron chi connectivity index (χ4n) is 2.67. The van der Waals surface area contributed by atoms with E-state index in [1.807, 2.05) is 0 Å². The number of carbonyl (C=O) groups is 1. The highest BCUT2D eigenvalue weighted by atomic mass is 35.5. The number of hydrogen-bond donors (Lipinski definition) is 2. The van der Waals surface area contributed by atoms with Gasteiger partial charge in [-0.1, -0.05) is 24.4 Å². The molecule has 2 unspecified atom stereocenters. The molecule has 1 aliphatic carbocycles. The molecule has 2 rings (SSSR count). The molecule has 3 N–H and O–H groups in total. The Hall–Kier alpha value is -1.46. The van der Waals surface area contributed by atoms with Crippen molar-refractivity contribution in [2.24, 2.45) is 11.7 Å². The predicted molar refractivity (Wildman–Crippen MR) is 83.1 cm³/mol. The first-order valence-electron chi connectivity index (χ1n) is 7.04. The first-order valence-corrected chi connectivity index (χ1v) is 7.42. The molecular formula is C15H21ClN2O3. The van der Waals surface area contributed by atoms with Gasteiger partial charge in [0.2, 0.25) is 5.91 Å². The number of nitrogens with two attached hydrogens (primary N) is 1. The van der Waals surface area contributed by atoms with Crippen LogP contribution in [0.1, 0.15) is 25.7 Å². The molecule has 0 heterocycles. The minimum absolute atomic E-state index is 0.0788. The second-order valence-corrected chi connectivity index (χ2v) is 5.64. The summed E-state index contributed by atoms with van der Waals surface area (Å²) >= 11 is 6.05. The van der Waals surface area contributed by atoms with E-state index in [1.165, 1.54) is 14.2 Å². The number of anilines is 1. The smallest absolute Gasteiger partial charge is 0.229 e. The lowest BCUT2D eigenvalue weighted by Crippen LogP contribution is -2.40. The fraction of sp³-hybridized carbons (Fsp3) is 0.533. The summed E-state index contributed by atoms with van der Waals surface area (Å²) in [4.78, 5) is 12.4. The van der Waals surface area contributed by atoms with Gasteiger partial charge in [-0.05, 0) is 12.8 Å². The van der Waals surface area contributed by atoms with Gasteiger partial charge >= 0.3 is 0 Å². The summed E-state index contributed by atoms with van der Waals surface area (Å²) in [5, 5.41) is 3.31. The second-order valence-electron chi connectivity index (χ2n) is 5.23. The zero-order valence-electron chi connectivity index (χ0n) is 12.3. The normalized spacial score (nSPS) is 21.7. The van der Waals surface area contributed by atoms with Gasteiger partial charge in [0.15, 0.2) is 0 Å². The molecule has 0 aliphatic heterocycles. The number of methoxy groups -OCH3 is 2. The highest BCUT2D eigenvalue weighted by Gasteiger charge is 2.29. The van der Waals surface area contributed by atoms with Crippen LogP contribution in [-0.2, 0) is 4.79 Å². The highest BCUT2D eigenvalue weighted by molar-refractivity contribution is 6.32. The van der Waals surface area contributed by atoms with Crippen LogP contribution in [0.3, 0.4) is 0 Å². The topological polar surface area (TPSA) is 73.6 Å². The minimum atomic E-state index is -0.162. The maximum atomic E-state index is 12.4. The Bertz CT molecular complexity index is 522. The van der Waals surface area contributed by atoms with Crippen molar-refractivity contribution in [3.8, 4) is 11.5 Å². The van der Waals surface area contributed by atoms with Gasteiger partial charge in [0.25, 0.3) is 0 Å². The van der Waals surface area contributed by atoms with Crippen LogP contribution in [0.15, 0.2) is 12.1 Å². The van der Waals surface area contributed by atoms with E-state index >= 15 is 0 Å². The molecule has 1 amide bonds. The van der Waals surface area contributed by atoms with Crippen LogP contribution in [0.25, 0.3) is 0 Å². The lowest BCUT2D eigenvalue weighted by atomic mass is 9.84. The van der Waals surface area contributed by atoms with Crippen LogP contribution >= 0.6 is 11.6 Å². The Morgan fingerprint density at radius 1 is 1.24 bits per heavy atom. The van der Waals surface area contributed by atoms with Gasteiger partial charge in [-0.2, -0.15) is 0 Å². The fourth-order valence-corrected chi connectivity index (χ4v) is 2.90. The maximum Gasteiger partial charge on any atom is 0.229 e. The van der Waals surface area contributed by atoms with E-state index in [4.69, 9.17) is 26.8 Å². The number of rotatable bonds is 4.